The van der Waals surface area contributed by atoms with Gasteiger partial charge in [-0.1, -0.05) is 0 Å². The van der Waals surface area contributed by atoms with Gasteiger partial charge in [-0.15, -0.1) is 12.4 Å². The molecule has 0 spiro atoms. The van der Waals surface area contributed by atoms with Crippen LogP contribution < -0.4 is 36.4 Å². The van der Waals surface area contributed by atoms with Crippen LogP contribution >= 0.6 is 12.4 Å². The first kappa shape index (κ1) is 47.3. The Morgan fingerprint density at radius 2 is 1.17 bits per heavy atom. The summed E-state index contributed by atoms with van der Waals surface area (Å²) in [6.07, 6.45) is 1.85. The molecule has 2 atom stereocenters. The average Bonchev–Trinajstić information content (AvgIpc) is 3.30. The van der Waals surface area contributed by atoms with Crippen LogP contribution in [0.3, 0.4) is 0 Å². The summed E-state index contributed by atoms with van der Waals surface area (Å²) in [4.78, 5) is 50.6. The molecule has 4 aliphatic rings. The first-order chi connectivity index (χ1) is 30.3. The van der Waals surface area contributed by atoms with E-state index in [-0.39, 0.29) is 36.6 Å². The lowest BCUT2D eigenvalue weighted by atomic mass is 9.98. The van der Waals surface area contributed by atoms with Gasteiger partial charge in [0.05, 0.1) is 44.4 Å². The molecule has 6 heterocycles. The lowest BCUT2D eigenvalue weighted by Gasteiger charge is -2.37. The minimum Gasteiger partial charge on any atom is -0.383 e. The number of urea groups is 2. The number of nitrogens with one attached hydrogen (secondary N) is 5. The number of nitrogens with zero attached hydrogens (tertiary/aromatic N) is 7. The van der Waals surface area contributed by atoms with Crippen molar-refractivity contribution in [3.05, 3.63) is 71.0 Å². The molecule has 2 aromatic carbocycles. The third kappa shape index (κ3) is 11.9. The zero-order chi connectivity index (χ0) is 43.4. The van der Waals surface area contributed by atoms with E-state index in [2.05, 4.69) is 55.1 Å². The monoisotopic (exact) mass is 886 g/mol. The standard InChI is InChI=1S/C24H34N6O3.C21H28N6O2.ClH/c1-4-25-24(31)26-19-7-5-18(6-8-19)22-27-21-17(2)29(11-14-32-3)10-9-20(21)23(28-22)30-12-15-33-16-13-30;1-3-22-21(28)24-16-6-4-15(5-7-16)19-25-18-14(2)23-9-8-17(18)20(26-19)27-10-12-29-13-11-27;/h5-8,17H,4,9-16H2,1-3H3,(H2,25,26,31);4-7,14,23H,3,8-13H2,1-2H3,(H2,22,24,28);1H. The maximum atomic E-state index is 11.8. The smallest absolute Gasteiger partial charge is 0.319 e. The quantitative estimate of drug-likeness (QED) is 0.129. The fourth-order valence-corrected chi connectivity index (χ4v) is 8.22. The summed E-state index contributed by atoms with van der Waals surface area (Å²) in [7, 11) is 1.74. The van der Waals surface area contributed by atoms with Gasteiger partial charge in [-0.2, -0.15) is 0 Å². The normalized spacial score (nSPS) is 18.4. The number of amides is 4. The molecule has 2 aromatic heterocycles. The third-order valence-corrected chi connectivity index (χ3v) is 11.5. The van der Waals surface area contributed by atoms with Gasteiger partial charge in [0, 0.05) is 105 Å². The molecule has 18 heteroatoms. The summed E-state index contributed by atoms with van der Waals surface area (Å²) in [6, 6.07) is 15.3. The molecule has 4 aromatic rings. The second kappa shape index (κ2) is 23.0. The van der Waals surface area contributed by atoms with Crippen molar-refractivity contribution in [2.45, 2.75) is 52.6 Å². The average molecular weight is 888 g/mol. The molecule has 63 heavy (non-hydrogen) atoms. The van der Waals surface area contributed by atoms with Crippen molar-refractivity contribution in [2.75, 3.05) is 119 Å². The Kier molecular flexibility index (Phi) is 17.2. The fraction of sp³-hybridized carbons (Fsp3) is 0.511. The SMILES string of the molecule is CCNC(=O)Nc1ccc(-c2nc3c(c(N4CCOCC4)n2)CCN(CCOC)C3C)cc1.CCNC(=O)Nc1ccc(-c2nc3c(c(N4CCOCC4)n2)CCNC3C)cc1.Cl. The first-order valence-electron chi connectivity index (χ1n) is 22.0. The highest BCUT2D eigenvalue weighted by Gasteiger charge is 2.31. The molecular weight excluding hydrogens is 824 g/mol. The molecule has 5 N–H and O–H groups in total. The zero-order valence-corrected chi connectivity index (χ0v) is 38.0. The van der Waals surface area contributed by atoms with Gasteiger partial charge in [-0.3, -0.25) is 4.90 Å². The van der Waals surface area contributed by atoms with Crippen molar-refractivity contribution in [2.24, 2.45) is 0 Å². The second-order valence-electron chi connectivity index (χ2n) is 15.7. The Balaban J connectivity index is 0.000000208. The largest absolute Gasteiger partial charge is 0.383 e. The first-order valence-corrected chi connectivity index (χ1v) is 22.0. The van der Waals surface area contributed by atoms with Crippen LogP contribution in [0.2, 0.25) is 0 Å². The van der Waals surface area contributed by atoms with Crippen molar-refractivity contribution in [1.29, 1.82) is 0 Å². The van der Waals surface area contributed by atoms with Crippen molar-refractivity contribution in [3.63, 3.8) is 0 Å². The van der Waals surface area contributed by atoms with E-state index in [1.165, 1.54) is 11.1 Å². The zero-order valence-electron chi connectivity index (χ0n) is 37.2. The summed E-state index contributed by atoms with van der Waals surface area (Å²) in [5.41, 5.74) is 7.99. The van der Waals surface area contributed by atoms with Crippen molar-refractivity contribution >= 4 is 47.5 Å². The number of hydrogen-bond donors (Lipinski definition) is 5. The molecule has 2 saturated heterocycles. The highest BCUT2D eigenvalue weighted by Crippen LogP contribution is 2.36. The number of morpholine rings is 2. The molecule has 0 radical (unpaired) electrons. The van der Waals surface area contributed by atoms with Crippen LogP contribution in [0.25, 0.3) is 22.8 Å². The molecule has 2 unspecified atom stereocenters. The summed E-state index contributed by atoms with van der Waals surface area (Å²) in [5.74, 6) is 3.48. The molecule has 2 fully saturated rings. The lowest BCUT2D eigenvalue weighted by molar-refractivity contribution is 0.116. The molecule has 4 aliphatic heterocycles. The number of aromatic nitrogens is 4. The molecule has 4 amide bonds. The van der Waals surface area contributed by atoms with Gasteiger partial charge in [0.1, 0.15) is 11.6 Å². The van der Waals surface area contributed by atoms with Gasteiger partial charge in [-0.25, -0.2) is 29.5 Å². The van der Waals surface area contributed by atoms with Crippen LogP contribution in [0.4, 0.5) is 32.6 Å². The van der Waals surface area contributed by atoms with E-state index in [0.29, 0.717) is 44.6 Å². The summed E-state index contributed by atoms with van der Waals surface area (Å²) in [6.45, 7) is 19.0. The van der Waals surface area contributed by atoms with Gasteiger partial charge >= 0.3 is 12.1 Å². The molecular formula is C45H63ClN12O5. The number of halogens is 1. The number of rotatable bonds is 11. The van der Waals surface area contributed by atoms with Crippen molar-refractivity contribution in [3.8, 4) is 22.8 Å². The summed E-state index contributed by atoms with van der Waals surface area (Å²) in [5, 5.41) is 14.6. The molecule has 0 saturated carbocycles. The van der Waals surface area contributed by atoms with E-state index < -0.39 is 0 Å². The highest BCUT2D eigenvalue weighted by atomic mass is 35.5. The summed E-state index contributed by atoms with van der Waals surface area (Å²) < 4.78 is 16.4. The summed E-state index contributed by atoms with van der Waals surface area (Å²) >= 11 is 0. The van der Waals surface area contributed by atoms with Gasteiger partial charge in [-0.05, 0) is 95.6 Å². The third-order valence-electron chi connectivity index (χ3n) is 11.5. The van der Waals surface area contributed by atoms with Crippen LogP contribution in [-0.2, 0) is 27.1 Å². The van der Waals surface area contributed by atoms with E-state index in [1.54, 1.807) is 7.11 Å². The van der Waals surface area contributed by atoms with E-state index in [0.717, 1.165) is 117 Å². The van der Waals surface area contributed by atoms with Crippen LogP contribution in [0.15, 0.2) is 48.5 Å². The molecule has 8 rings (SSSR count). The van der Waals surface area contributed by atoms with Gasteiger partial charge in [0.15, 0.2) is 11.6 Å². The van der Waals surface area contributed by atoms with Crippen molar-refractivity contribution < 1.29 is 23.8 Å². The number of benzene rings is 2. The Morgan fingerprint density at radius 1 is 0.698 bits per heavy atom. The highest BCUT2D eigenvalue weighted by molar-refractivity contribution is 5.90. The van der Waals surface area contributed by atoms with E-state index in [4.69, 9.17) is 34.1 Å². The molecule has 17 nitrogen and oxygen atoms in total. The Labute approximate surface area is 376 Å². The van der Waals surface area contributed by atoms with E-state index in [9.17, 15) is 9.59 Å². The molecule has 0 bridgehead atoms. The maximum absolute atomic E-state index is 11.8. The number of fused-ring (bicyclic) bond motifs is 2. The molecule has 0 aliphatic carbocycles. The molecule has 340 valence electrons. The Hall–Kier alpha value is -5.17. The topological polar surface area (TPSA) is 183 Å². The van der Waals surface area contributed by atoms with Crippen molar-refractivity contribution in [1.82, 2.24) is 40.8 Å². The van der Waals surface area contributed by atoms with Gasteiger partial charge in [0.2, 0.25) is 0 Å². The Bertz CT molecular complexity index is 2120. The number of carbonyl (C=O) groups excluding carboxylic acids is 2. The van der Waals surface area contributed by atoms with E-state index >= 15 is 0 Å². The van der Waals surface area contributed by atoms with Crippen LogP contribution in [-0.4, -0.2) is 136 Å². The predicted octanol–water partition coefficient (Wildman–Crippen LogP) is 5.44. The second-order valence-corrected chi connectivity index (χ2v) is 15.7. The van der Waals surface area contributed by atoms with Crippen LogP contribution in [0.5, 0.6) is 0 Å². The minimum atomic E-state index is -0.213. The van der Waals surface area contributed by atoms with Gasteiger partial charge < -0.3 is 50.6 Å². The predicted molar refractivity (Wildman–Crippen MR) is 249 cm³/mol. The van der Waals surface area contributed by atoms with Gasteiger partial charge in [0.25, 0.3) is 0 Å². The fourth-order valence-electron chi connectivity index (χ4n) is 8.22. The van der Waals surface area contributed by atoms with Crippen LogP contribution in [0, 0.1) is 0 Å². The lowest BCUT2D eigenvalue weighted by Crippen LogP contribution is -2.41. The number of methoxy groups -OCH3 is 1. The number of ether oxygens (including phenoxy) is 3. The number of hydrogen-bond acceptors (Lipinski definition) is 13. The Morgan fingerprint density at radius 3 is 1.65 bits per heavy atom. The van der Waals surface area contributed by atoms with Crippen LogP contribution in [0.1, 0.15) is 62.3 Å². The number of carbonyl (C=O) groups is 2. The minimum absolute atomic E-state index is 0. The maximum Gasteiger partial charge on any atom is 0.319 e. The van der Waals surface area contributed by atoms with E-state index in [1.807, 2.05) is 62.4 Å². The number of anilines is 4.